The Bertz CT molecular complexity index is 581. The molecule has 3 fully saturated rings. The van der Waals surface area contributed by atoms with Gasteiger partial charge in [-0.3, -0.25) is 9.78 Å². The predicted molar refractivity (Wildman–Crippen MR) is 92.9 cm³/mol. The van der Waals surface area contributed by atoms with Crippen LogP contribution in [-0.2, 0) is 20.8 Å². The van der Waals surface area contributed by atoms with E-state index in [-0.39, 0.29) is 18.1 Å². The van der Waals surface area contributed by atoms with Gasteiger partial charge in [0.25, 0.3) is 0 Å². The normalized spacial score (nSPS) is 27.1. The number of carbonyl (C=O) groups is 1. The second-order valence-corrected chi connectivity index (χ2v) is 7.61. The molecular formula is C19H27N3O3. The number of amides is 1. The van der Waals surface area contributed by atoms with Crippen LogP contribution in [-0.4, -0.2) is 72.3 Å². The molecule has 136 valence electrons. The number of piperidine rings is 1. The zero-order valence-electron chi connectivity index (χ0n) is 14.7. The van der Waals surface area contributed by atoms with Gasteiger partial charge in [0.2, 0.25) is 5.91 Å². The van der Waals surface area contributed by atoms with E-state index < -0.39 is 0 Å². The molecule has 0 radical (unpaired) electrons. The van der Waals surface area contributed by atoms with Crippen molar-refractivity contribution in [3.05, 3.63) is 30.1 Å². The monoisotopic (exact) mass is 345 g/mol. The fourth-order valence-electron chi connectivity index (χ4n) is 4.18. The first-order chi connectivity index (χ1) is 12.2. The van der Waals surface area contributed by atoms with Crippen LogP contribution in [0.3, 0.4) is 0 Å². The Morgan fingerprint density at radius 1 is 1.32 bits per heavy atom. The maximum Gasteiger partial charge on any atom is 0.248 e. The van der Waals surface area contributed by atoms with Crippen LogP contribution >= 0.6 is 0 Å². The minimum absolute atomic E-state index is 0.0833. The number of rotatable bonds is 4. The zero-order valence-corrected chi connectivity index (χ0v) is 14.7. The van der Waals surface area contributed by atoms with Crippen molar-refractivity contribution in [2.24, 2.45) is 5.92 Å². The zero-order chi connectivity index (χ0) is 17.1. The maximum absolute atomic E-state index is 12.3. The van der Waals surface area contributed by atoms with Gasteiger partial charge in [0.1, 0.15) is 6.61 Å². The summed E-state index contributed by atoms with van der Waals surface area (Å²) in [5.41, 5.74) is 0.908. The molecule has 0 aliphatic carbocycles. The highest BCUT2D eigenvalue weighted by atomic mass is 16.5. The topological polar surface area (TPSA) is 54.9 Å². The number of ether oxygens (including phenoxy) is 2. The molecule has 25 heavy (non-hydrogen) atoms. The molecule has 0 N–H and O–H groups in total. The molecule has 3 aliphatic rings. The Kier molecular flexibility index (Phi) is 5.01. The highest BCUT2D eigenvalue weighted by Gasteiger charge is 2.42. The summed E-state index contributed by atoms with van der Waals surface area (Å²) in [7, 11) is 0. The largest absolute Gasteiger partial charge is 0.381 e. The second-order valence-electron chi connectivity index (χ2n) is 7.61. The van der Waals surface area contributed by atoms with Crippen LogP contribution in [0.25, 0.3) is 0 Å². The van der Waals surface area contributed by atoms with E-state index >= 15 is 0 Å². The first-order valence-corrected chi connectivity index (χ1v) is 9.33. The van der Waals surface area contributed by atoms with Crippen molar-refractivity contribution < 1.29 is 14.3 Å². The quantitative estimate of drug-likeness (QED) is 0.824. The minimum Gasteiger partial charge on any atom is -0.381 e. The van der Waals surface area contributed by atoms with Crippen LogP contribution < -0.4 is 0 Å². The van der Waals surface area contributed by atoms with Crippen molar-refractivity contribution in [1.82, 2.24) is 14.8 Å². The van der Waals surface area contributed by atoms with E-state index in [2.05, 4.69) is 9.88 Å². The number of hydrogen-bond acceptors (Lipinski definition) is 5. The molecule has 0 bridgehead atoms. The number of likely N-dealkylation sites (tertiary alicyclic amines) is 1. The van der Waals surface area contributed by atoms with Gasteiger partial charge >= 0.3 is 0 Å². The number of pyridine rings is 1. The Morgan fingerprint density at radius 3 is 2.92 bits per heavy atom. The Morgan fingerprint density at radius 2 is 2.20 bits per heavy atom. The Hall–Kier alpha value is -1.50. The summed E-state index contributed by atoms with van der Waals surface area (Å²) in [5, 5.41) is 0. The molecule has 1 atom stereocenters. The maximum atomic E-state index is 12.3. The number of aromatic nitrogens is 1. The van der Waals surface area contributed by atoms with E-state index in [9.17, 15) is 4.79 Å². The number of hydrogen-bond donors (Lipinski definition) is 0. The van der Waals surface area contributed by atoms with Gasteiger partial charge in [-0.2, -0.15) is 0 Å². The SMILES string of the molecule is O=C1COC2(CCN(C[C@H]3CCOC3)CC2)CN1Cc1cccnc1. The van der Waals surface area contributed by atoms with Crippen molar-refractivity contribution in [2.75, 3.05) is 46.0 Å². The number of carbonyl (C=O) groups excluding carboxylic acids is 1. The van der Waals surface area contributed by atoms with Gasteiger partial charge in [-0.1, -0.05) is 6.07 Å². The molecule has 1 aromatic heterocycles. The van der Waals surface area contributed by atoms with Crippen LogP contribution in [0.4, 0.5) is 0 Å². The molecule has 0 saturated carbocycles. The van der Waals surface area contributed by atoms with Crippen LogP contribution in [0.15, 0.2) is 24.5 Å². The van der Waals surface area contributed by atoms with Gasteiger partial charge in [-0.05, 0) is 36.8 Å². The van der Waals surface area contributed by atoms with E-state index in [1.165, 1.54) is 6.42 Å². The lowest BCUT2D eigenvalue weighted by Gasteiger charge is -2.47. The molecule has 1 spiro atoms. The van der Waals surface area contributed by atoms with Gasteiger partial charge in [-0.25, -0.2) is 0 Å². The second kappa shape index (κ2) is 7.40. The Labute approximate surface area is 149 Å². The van der Waals surface area contributed by atoms with Crippen LogP contribution in [0.1, 0.15) is 24.8 Å². The lowest BCUT2D eigenvalue weighted by molar-refractivity contribution is -0.172. The number of morpholine rings is 1. The molecule has 3 aliphatic heterocycles. The lowest BCUT2D eigenvalue weighted by Crippen LogP contribution is -2.58. The van der Waals surface area contributed by atoms with E-state index in [4.69, 9.17) is 9.47 Å². The lowest BCUT2D eigenvalue weighted by atomic mass is 9.88. The van der Waals surface area contributed by atoms with Crippen LogP contribution in [0, 0.1) is 5.92 Å². The van der Waals surface area contributed by atoms with Crippen molar-refractivity contribution in [1.29, 1.82) is 0 Å². The molecule has 1 amide bonds. The summed E-state index contributed by atoms with van der Waals surface area (Å²) < 4.78 is 11.5. The number of nitrogens with zero attached hydrogens (tertiary/aromatic N) is 3. The summed E-state index contributed by atoms with van der Waals surface area (Å²) in [6.07, 6.45) is 6.78. The molecule has 6 nitrogen and oxygen atoms in total. The van der Waals surface area contributed by atoms with E-state index in [1.54, 1.807) is 6.20 Å². The van der Waals surface area contributed by atoms with Crippen molar-refractivity contribution in [2.45, 2.75) is 31.4 Å². The van der Waals surface area contributed by atoms with Gasteiger partial charge in [-0.15, -0.1) is 0 Å². The highest BCUT2D eigenvalue weighted by molar-refractivity contribution is 5.78. The summed E-state index contributed by atoms with van der Waals surface area (Å²) >= 11 is 0. The molecule has 0 aromatic carbocycles. The van der Waals surface area contributed by atoms with Crippen molar-refractivity contribution >= 4 is 5.91 Å². The molecule has 4 rings (SSSR count). The molecular weight excluding hydrogens is 318 g/mol. The summed E-state index contributed by atoms with van der Waals surface area (Å²) in [4.78, 5) is 20.9. The van der Waals surface area contributed by atoms with Crippen molar-refractivity contribution in [3.63, 3.8) is 0 Å². The van der Waals surface area contributed by atoms with Gasteiger partial charge in [0, 0.05) is 45.2 Å². The third-order valence-electron chi connectivity index (χ3n) is 5.74. The third-order valence-corrected chi connectivity index (χ3v) is 5.74. The molecule has 1 aromatic rings. The highest BCUT2D eigenvalue weighted by Crippen LogP contribution is 2.31. The fourth-order valence-corrected chi connectivity index (χ4v) is 4.18. The third kappa shape index (κ3) is 4.02. The predicted octanol–water partition coefficient (Wildman–Crippen LogP) is 1.31. The van der Waals surface area contributed by atoms with Gasteiger partial charge in [0.05, 0.1) is 18.8 Å². The fraction of sp³-hybridized carbons (Fsp3) is 0.684. The average Bonchev–Trinajstić information content (AvgIpc) is 3.15. The Balaban J connectivity index is 1.33. The van der Waals surface area contributed by atoms with Crippen LogP contribution in [0.2, 0.25) is 0 Å². The molecule has 3 saturated heterocycles. The summed E-state index contributed by atoms with van der Waals surface area (Å²) in [6.45, 7) is 6.58. The molecule has 6 heteroatoms. The minimum atomic E-state index is -0.168. The van der Waals surface area contributed by atoms with E-state index in [0.29, 0.717) is 19.0 Å². The summed E-state index contributed by atoms with van der Waals surface area (Å²) in [6, 6.07) is 3.94. The smallest absolute Gasteiger partial charge is 0.248 e. The molecule has 4 heterocycles. The first-order valence-electron chi connectivity index (χ1n) is 9.33. The first kappa shape index (κ1) is 16.9. The summed E-state index contributed by atoms with van der Waals surface area (Å²) in [5.74, 6) is 0.769. The van der Waals surface area contributed by atoms with Crippen molar-refractivity contribution in [3.8, 4) is 0 Å². The van der Waals surface area contributed by atoms with E-state index in [0.717, 1.165) is 51.3 Å². The van der Waals surface area contributed by atoms with Crippen LogP contribution in [0.5, 0.6) is 0 Å². The average molecular weight is 345 g/mol. The van der Waals surface area contributed by atoms with Gasteiger partial charge in [0.15, 0.2) is 0 Å². The standard InChI is InChI=1S/C19H27N3O3/c23-18-14-25-19(15-22(18)12-16-2-1-6-20-10-16)4-7-21(8-5-19)11-17-3-9-24-13-17/h1-2,6,10,17H,3-5,7-9,11-15H2/t17-/m1/s1. The van der Waals surface area contributed by atoms with E-state index in [1.807, 2.05) is 23.2 Å². The molecule has 0 unspecified atom stereocenters. The van der Waals surface area contributed by atoms with Gasteiger partial charge < -0.3 is 19.3 Å².